The first-order valence-electron chi connectivity index (χ1n) is 13.9. The van der Waals surface area contributed by atoms with Crippen molar-refractivity contribution in [3.8, 4) is 0 Å². The molecule has 0 fully saturated rings. The lowest BCUT2D eigenvalue weighted by Crippen LogP contribution is -2.25. The van der Waals surface area contributed by atoms with E-state index in [1.165, 1.54) is 29.2 Å². The second-order valence-electron chi connectivity index (χ2n) is 9.85. The van der Waals surface area contributed by atoms with E-state index in [-0.39, 0.29) is 23.6 Å². The summed E-state index contributed by atoms with van der Waals surface area (Å²) in [4.78, 5) is 64.0. The molecule has 4 N–H and O–H groups in total. The minimum Gasteiger partial charge on any atom is -0.478 e. The number of aromatic carboxylic acids is 2. The zero-order valence-corrected chi connectivity index (χ0v) is 25.4. The number of carboxylic acid groups (broad SMARTS) is 2. The van der Waals surface area contributed by atoms with Crippen LogP contribution >= 0.6 is 23.1 Å². The van der Waals surface area contributed by atoms with Crippen LogP contribution in [0.15, 0.2) is 47.4 Å². The molecule has 0 saturated heterocycles. The van der Waals surface area contributed by atoms with Gasteiger partial charge in [0, 0.05) is 15.5 Å². The minimum atomic E-state index is -1.43. The number of fused-ring (bicyclic) bond motifs is 1. The van der Waals surface area contributed by atoms with Crippen LogP contribution in [0.25, 0.3) is 0 Å². The van der Waals surface area contributed by atoms with Crippen LogP contribution in [0.1, 0.15) is 91.4 Å². The molecular formula is C31H32N2O8S2. The number of nitrogens with one attached hydrogen (secondary N) is 2. The van der Waals surface area contributed by atoms with Gasteiger partial charge in [0.1, 0.15) is 5.00 Å². The number of esters is 1. The maximum Gasteiger partial charge on any atom is 0.341 e. The molecule has 1 aromatic heterocycles. The second-order valence-corrected chi connectivity index (χ2v) is 12.2. The molecule has 1 aliphatic carbocycles. The Morgan fingerprint density at radius 2 is 1.70 bits per heavy atom. The Hall–Kier alpha value is -4.16. The summed E-state index contributed by atoms with van der Waals surface area (Å²) in [6, 6.07) is 10.0. The molecule has 1 heterocycles. The van der Waals surface area contributed by atoms with Crippen molar-refractivity contribution in [3.05, 3.63) is 75.2 Å². The number of carboxylic acids is 2. The van der Waals surface area contributed by atoms with Crippen LogP contribution < -0.4 is 10.6 Å². The first-order chi connectivity index (χ1) is 20.6. The maximum atomic E-state index is 13.4. The molecule has 1 atom stereocenters. The van der Waals surface area contributed by atoms with Gasteiger partial charge in [0.25, 0.3) is 5.91 Å². The van der Waals surface area contributed by atoms with Crippen LogP contribution in [-0.2, 0) is 22.4 Å². The summed E-state index contributed by atoms with van der Waals surface area (Å²) in [5.41, 5.74) is 0.939. The van der Waals surface area contributed by atoms with Gasteiger partial charge in [-0.1, -0.05) is 19.4 Å². The maximum absolute atomic E-state index is 13.4. The molecule has 3 aromatic rings. The quantitative estimate of drug-likeness (QED) is 0.108. The SMILES string of the molecule is CCOC(=O)c1c(NC(=O)C(CC)Sc2cccc(NC(=O)c3ccc(C(=O)O)cc3C(=O)O)c2)sc2c1CCCCC2. The standard InChI is InChI=1S/C31H32N2O8S2/c1-3-23(27(35)33-28-25(31(40)41-4-2)21-11-6-5-7-12-24(21)43-28)42-19-10-8-9-18(16-19)32-26(34)20-14-13-17(29(36)37)15-22(20)30(38)39/h8-10,13-16,23H,3-7,11-12H2,1-2H3,(H,32,34)(H,33,35)(H,36,37)(H,38,39). The van der Waals surface area contributed by atoms with Gasteiger partial charge in [-0.3, -0.25) is 9.59 Å². The number of anilines is 2. The highest BCUT2D eigenvalue weighted by Crippen LogP contribution is 2.39. The largest absolute Gasteiger partial charge is 0.478 e. The van der Waals surface area contributed by atoms with Crippen molar-refractivity contribution in [3.63, 3.8) is 0 Å². The van der Waals surface area contributed by atoms with E-state index in [1.54, 1.807) is 31.2 Å². The lowest BCUT2D eigenvalue weighted by atomic mass is 10.0. The summed E-state index contributed by atoms with van der Waals surface area (Å²) in [6.45, 7) is 3.87. The number of hydrogen-bond donors (Lipinski definition) is 4. The summed E-state index contributed by atoms with van der Waals surface area (Å²) in [5, 5.41) is 24.3. The zero-order valence-electron chi connectivity index (χ0n) is 23.7. The summed E-state index contributed by atoms with van der Waals surface area (Å²) in [7, 11) is 0. The van der Waals surface area contributed by atoms with Gasteiger partial charge in [-0.05, 0) is 81.0 Å². The van der Waals surface area contributed by atoms with E-state index in [2.05, 4.69) is 10.6 Å². The number of thioether (sulfide) groups is 1. The highest BCUT2D eigenvalue weighted by atomic mass is 32.2. The number of amides is 2. The molecule has 43 heavy (non-hydrogen) atoms. The van der Waals surface area contributed by atoms with Crippen molar-refractivity contribution < 1.29 is 38.9 Å². The van der Waals surface area contributed by atoms with E-state index < -0.39 is 34.6 Å². The van der Waals surface area contributed by atoms with E-state index in [4.69, 9.17) is 9.84 Å². The molecule has 0 saturated carbocycles. The molecule has 1 aliphatic rings. The second kappa shape index (κ2) is 14.3. The third kappa shape index (κ3) is 7.63. The fourth-order valence-corrected chi connectivity index (χ4v) is 7.12. The summed E-state index contributed by atoms with van der Waals surface area (Å²) in [5.74, 6) is -4.13. The normalized spacial score (nSPS) is 13.3. The first-order valence-corrected chi connectivity index (χ1v) is 15.6. The molecule has 0 spiro atoms. The van der Waals surface area contributed by atoms with Crippen LogP contribution in [0.3, 0.4) is 0 Å². The molecule has 10 nitrogen and oxygen atoms in total. The predicted octanol–water partition coefficient (Wildman–Crippen LogP) is 6.35. The van der Waals surface area contributed by atoms with Crippen LogP contribution in [-0.4, -0.2) is 51.8 Å². The van der Waals surface area contributed by atoms with Crippen molar-refractivity contribution in [1.82, 2.24) is 0 Å². The Morgan fingerprint density at radius 1 is 0.930 bits per heavy atom. The van der Waals surface area contributed by atoms with Crippen molar-refractivity contribution in [1.29, 1.82) is 0 Å². The third-order valence-corrected chi connectivity index (χ3v) is 9.48. The average Bonchev–Trinajstić information content (AvgIpc) is 3.15. The molecule has 0 bridgehead atoms. The third-order valence-electron chi connectivity index (χ3n) is 6.91. The summed E-state index contributed by atoms with van der Waals surface area (Å²) < 4.78 is 5.33. The summed E-state index contributed by atoms with van der Waals surface area (Å²) >= 11 is 2.74. The number of carbonyl (C=O) groups excluding carboxylic acids is 3. The number of hydrogen-bond acceptors (Lipinski definition) is 8. The fraction of sp³-hybridized carbons (Fsp3) is 0.323. The van der Waals surface area contributed by atoms with Gasteiger partial charge in [0.05, 0.1) is 34.1 Å². The van der Waals surface area contributed by atoms with Crippen LogP contribution in [0.5, 0.6) is 0 Å². The van der Waals surface area contributed by atoms with Crippen LogP contribution in [0.2, 0.25) is 0 Å². The lowest BCUT2D eigenvalue weighted by molar-refractivity contribution is -0.115. The van der Waals surface area contributed by atoms with Gasteiger partial charge in [-0.25, -0.2) is 14.4 Å². The Kier molecular flexibility index (Phi) is 10.6. The van der Waals surface area contributed by atoms with E-state index in [0.29, 0.717) is 27.6 Å². The molecule has 4 rings (SSSR count). The number of carbonyl (C=O) groups is 5. The molecule has 12 heteroatoms. The van der Waals surface area contributed by atoms with Crippen molar-refractivity contribution in [2.24, 2.45) is 0 Å². The zero-order chi connectivity index (χ0) is 31.1. The summed E-state index contributed by atoms with van der Waals surface area (Å²) in [6.07, 6.45) is 5.24. The van der Waals surface area contributed by atoms with Gasteiger partial charge in [0.15, 0.2) is 0 Å². The van der Waals surface area contributed by atoms with Crippen LogP contribution in [0.4, 0.5) is 10.7 Å². The number of ether oxygens (including phenoxy) is 1. The Labute approximate surface area is 256 Å². The van der Waals surface area contributed by atoms with Gasteiger partial charge >= 0.3 is 17.9 Å². The predicted molar refractivity (Wildman–Crippen MR) is 165 cm³/mol. The van der Waals surface area contributed by atoms with Crippen molar-refractivity contribution in [2.75, 3.05) is 17.2 Å². The lowest BCUT2D eigenvalue weighted by Gasteiger charge is -2.16. The highest BCUT2D eigenvalue weighted by Gasteiger charge is 2.28. The number of thiophene rings is 1. The fourth-order valence-electron chi connectivity index (χ4n) is 4.83. The molecule has 2 amide bonds. The Bertz CT molecular complexity index is 1570. The van der Waals surface area contributed by atoms with Gasteiger partial charge in [-0.2, -0.15) is 0 Å². The van der Waals surface area contributed by atoms with E-state index in [9.17, 15) is 29.1 Å². The number of rotatable bonds is 11. The number of benzene rings is 2. The minimum absolute atomic E-state index is 0.187. The van der Waals surface area contributed by atoms with E-state index in [0.717, 1.165) is 54.7 Å². The topological polar surface area (TPSA) is 159 Å². The molecule has 2 aromatic carbocycles. The monoisotopic (exact) mass is 624 g/mol. The van der Waals surface area contributed by atoms with Crippen LogP contribution in [0, 0.1) is 0 Å². The first kappa shape index (κ1) is 31.8. The smallest absolute Gasteiger partial charge is 0.341 e. The molecule has 1 unspecified atom stereocenters. The Morgan fingerprint density at radius 3 is 2.40 bits per heavy atom. The molecule has 0 aliphatic heterocycles. The molecule has 0 radical (unpaired) electrons. The number of aryl methyl sites for hydroxylation is 1. The molecular weight excluding hydrogens is 592 g/mol. The average molecular weight is 625 g/mol. The van der Waals surface area contributed by atoms with Gasteiger partial charge in [0.2, 0.25) is 5.91 Å². The highest BCUT2D eigenvalue weighted by molar-refractivity contribution is 8.00. The van der Waals surface area contributed by atoms with Crippen molar-refractivity contribution in [2.45, 2.75) is 62.5 Å². The van der Waals surface area contributed by atoms with E-state index >= 15 is 0 Å². The van der Waals surface area contributed by atoms with Gasteiger partial charge < -0.3 is 25.6 Å². The Balaban J connectivity index is 1.50. The van der Waals surface area contributed by atoms with E-state index in [1.807, 2.05) is 6.92 Å². The van der Waals surface area contributed by atoms with Crippen molar-refractivity contribution >= 4 is 63.5 Å². The van der Waals surface area contributed by atoms with Gasteiger partial charge in [-0.15, -0.1) is 23.1 Å². The molecule has 226 valence electrons.